The van der Waals surface area contributed by atoms with Crippen LogP contribution in [0.25, 0.3) is 0 Å². The Morgan fingerprint density at radius 1 is 1.06 bits per heavy atom. The van der Waals surface area contributed by atoms with Crippen LogP contribution >= 0.6 is 0 Å². The molecule has 2 N–H and O–H groups in total. The summed E-state index contributed by atoms with van der Waals surface area (Å²) in [7, 11) is 0. The number of Topliss-reactive ketones (excluding diaryl/α,β-unsaturated/α-hetero) is 1. The summed E-state index contributed by atoms with van der Waals surface area (Å²) >= 11 is 0. The smallest absolute Gasteiger partial charge is 0.306 e. The van der Waals surface area contributed by atoms with Crippen molar-refractivity contribution in [3.05, 3.63) is 59.4 Å². The number of esters is 1. The van der Waals surface area contributed by atoms with Gasteiger partial charge in [-0.3, -0.25) is 14.5 Å². The number of hydrogen-bond acceptors (Lipinski definition) is 8. The molecule has 0 saturated carbocycles. The van der Waals surface area contributed by atoms with Gasteiger partial charge in [-0.2, -0.15) is 0 Å². The number of ether oxygens (including phenoxy) is 3. The SMILES string of the molecule is O=C(CCCCC(=O)c1ccc(F)cc1)OC(CN1CCC(O)C1)C(O)c1ccc2c(c1)OCCO2. The molecule has 4 rings (SSSR count). The van der Waals surface area contributed by atoms with Crippen molar-refractivity contribution in [1.29, 1.82) is 0 Å². The number of carbonyl (C=O) groups is 2. The molecule has 2 aliphatic rings. The van der Waals surface area contributed by atoms with Gasteiger partial charge in [-0.15, -0.1) is 0 Å². The number of hydrogen-bond donors (Lipinski definition) is 2. The quantitative estimate of drug-likeness (QED) is 0.275. The first-order valence-electron chi connectivity index (χ1n) is 12.4. The summed E-state index contributed by atoms with van der Waals surface area (Å²) in [5.74, 6) is 0.160. The summed E-state index contributed by atoms with van der Waals surface area (Å²) in [6.07, 6.45) is -0.472. The molecule has 2 aromatic rings. The van der Waals surface area contributed by atoms with Gasteiger partial charge in [0.2, 0.25) is 0 Å². The van der Waals surface area contributed by atoms with E-state index in [1.165, 1.54) is 24.3 Å². The molecule has 2 aliphatic heterocycles. The van der Waals surface area contributed by atoms with E-state index in [9.17, 15) is 24.2 Å². The van der Waals surface area contributed by atoms with Crippen molar-refractivity contribution in [3.63, 3.8) is 0 Å². The average molecular weight is 502 g/mol. The second-order valence-electron chi connectivity index (χ2n) is 9.22. The van der Waals surface area contributed by atoms with Crippen molar-refractivity contribution in [3.8, 4) is 11.5 Å². The molecule has 9 heteroatoms. The van der Waals surface area contributed by atoms with E-state index in [-0.39, 0.29) is 25.2 Å². The maximum Gasteiger partial charge on any atom is 0.306 e. The molecule has 3 unspecified atom stereocenters. The number of likely N-dealkylation sites (tertiary alicyclic amines) is 1. The second-order valence-corrected chi connectivity index (χ2v) is 9.22. The molecule has 1 fully saturated rings. The van der Waals surface area contributed by atoms with E-state index in [1.54, 1.807) is 18.2 Å². The molecule has 2 aromatic carbocycles. The van der Waals surface area contributed by atoms with Gasteiger partial charge in [0.25, 0.3) is 0 Å². The van der Waals surface area contributed by atoms with Gasteiger partial charge < -0.3 is 24.4 Å². The first kappa shape index (κ1) is 26.1. The molecule has 36 heavy (non-hydrogen) atoms. The number of fused-ring (bicyclic) bond motifs is 1. The molecule has 0 aliphatic carbocycles. The largest absolute Gasteiger partial charge is 0.486 e. The second kappa shape index (κ2) is 12.3. The van der Waals surface area contributed by atoms with Crippen LogP contribution in [-0.4, -0.2) is 71.9 Å². The van der Waals surface area contributed by atoms with Crippen molar-refractivity contribution in [2.75, 3.05) is 32.8 Å². The lowest BCUT2D eigenvalue weighted by atomic mass is 10.0. The standard InChI is InChI=1S/C27H32FNO7/c28-20-8-5-18(6-9-20)22(31)3-1-2-4-26(32)36-25(17-29-12-11-21(30)16-29)27(33)19-7-10-23-24(15-19)35-14-13-34-23/h5-10,15,21,25,27,30,33H,1-4,11-14,16-17H2. The molecule has 8 nitrogen and oxygen atoms in total. The van der Waals surface area contributed by atoms with Crippen molar-refractivity contribution < 1.29 is 38.4 Å². The number of halogens is 1. The summed E-state index contributed by atoms with van der Waals surface area (Å²) in [5.41, 5.74) is 0.982. The zero-order valence-electron chi connectivity index (χ0n) is 20.1. The molecule has 0 spiro atoms. The lowest BCUT2D eigenvalue weighted by Crippen LogP contribution is -2.38. The minimum absolute atomic E-state index is 0.101. The van der Waals surface area contributed by atoms with Crippen LogP contribution in [0.4, 0.5) is 4.39 Å². The molecule has 1 saturated heterocycles. The fourth-order valence-corrected chi connectivity index (χ4v) is 4.46. The zero-order valence-corrected chi connectivity index (χ0v) is 20.1. The van der Waals surface area contributed by atoms with E-state index in [2.05, 4.69) is 0 Å². The number of aliphatic hydroxyl groups is 2. The highest BCUT2D eigenvalue weighted by molar-refractivity contribution is 5.95. The third-order valence-corrected chi connectivity index (χ3v) is 6.43. The summed E-state index contributed by atoms with van der Waals surface area (Å²) in [5, 5.41) is 21.0. The Labute approximate surface area is 209 Å². The van der Waals surface area contributed by atoms with Crippen molar-refractivity contribution in [2.45, 2.75) is 50.4 Å². The van der Waals surface area contributed by atoms with Crippen LogP contribution in [-0.2, 0) is 9.53 Å². The highest BCUT2D eigenvalue weighted by Gasteiger charge is 2.31. The number of rotatable bonds is 11. The van der Waals surface area contributed by atoms with E-state index in [1.807, 2.05) is 4.90 Å². The van der Waals surface area contributed by atoms with E-state index in [0.717, 1.165) is 0 Å². The van der Waals surface area contributed by atoms with Crippen molar-refractivity contribution in [2.24, 2.45) is 0 Å². The lowest BCUT2D eigenvalue weighted by Gasteiger charge is -2.28. The van der Waals surface area contributed by atoms with E-state index in [4.69, 9.17) is 14.2 Å². The predicted molar refractivity (Wildman–Crippen MR) is 129 cm³/mol. The predicted octanol–water partition coefficient (Wildman–Crippen LogP) is 3.05. The maximum atomic E-state index is 13.0. The molecular formula is C27H32FNO7. The monoisotopic (exact) mass is 501 g/mol. The number of benzene rings is 2. The molecule has 194 valence electrons. The number of ketones is 1. The van der Waals surface area contributed by atoms with Crippen LogP contribution in [0.15, 0.2) is 42.5 Å². The molecule has 0 radical (unpaired) electrons. The van der Waals surface area contributed by atoms with Gasteiger partial charge in [0.1, 0.15) is 31.2 Å². The van der Waals surface area contributed by atoms with E-state index < -0.39 is 30.1 Å². The van der Waals surface area contributed by atoms with E-state index >= 15 is 0 Å². The van der Waals surface area contributed by atoms with Crippen LogP contribution < -0.4 is 9.47 Å². The summed E-state index contributed by atoms with van der Waals surface area (Å²) in [6.45, 7) is 2.26. The Morgan fingerprint density at radius 3 is 2.50 bits per heavy atom. The normalized spacial score (nSPS) is 19.0. The number of carbonyl (C=O) groups excluding carboxylic acids is 2. The molecule has 0 bridgehead atoms. The van der Waals surface area contributed by atoms with Gasteiger partial charge in [-0.25, -0.2) is 4.39 Å². The highest BCUT2D eigenvalue weighted by atomic mass is 19.1. The van der Waals surface area contributed by atoms with Crippen LogP contribution in [0.1, 0.15) is 54.1 Å². The minimum atomic E-state index is -1.09. The Morgan fingerprint density at radius 2 is 1.78 bits per heavy atom. The maximum absolute atomic E-state index is 13.0. The van der Waals surface area contributed by atoms with Gasteiger partial charge in [-0.1, -0.05) is 6.07 Å². The van der Waals surface area contributed by atoms with Gasteiger partial charge in [0.15, 0.2) is 17.3 Å². The topological polar surface area (TPSA) is 106 Å². The van der Waals surface area contributed by atoms with Crippen LogP contribution in [0, 0.1) is 5.82 Å². The van der Waals surface area contributed by atoms with Crippen LogP contribution in [0.5, 0.6) is 11.5 Å². The number of β-amino-alcohol motifs (C(OH)–C–C–N with tert-alkyl or cyclic N) is 1. The lowest BCUT2D eigenvalue weighted by molar-refractivity contribution is -0.156. The summed E-state index contributed by atoms with van der Waals surface area (Å²) in [6, 6.07) is 10.5. The molecule has 3 atom stereocenters. The fraction of sp³-hybridized carbons (Fsp3) is 0.481. The first-order chi connectivity index (χ1) is 17.4. The highest BCUT2D eigenvalue weighted by Crippen LogP contribution is 2.34. The average Bonchev–Trinajstić information content (AvgIpc) is 3.30. The van der Waals surface area contributed by atoms with Crippen molar-refractivity contribution in [1.82, 2.24) is 4.90 Å². The van der Waals surface area contributed by atoms with Gasteiger partial charge in [0, 0.05) is 38.0 Å². The molecule has 0 amide bonds. The zero-order chi connectivity index (χ0) is 25.5. The Balaban J connectivity index is 1.32. The van der Waals surface area contributed by atoms with Crippen LogP contribution in [0.3, 0.4) is 0 Å². The van der Waals surface area contributed by atoms with Crippen LogP contribution in [0.2, 0.25) is 0 Å². The van der Waals surface area contributed by atoms with E-state index in [0.29, 0.717) is 68.2 Å². The van der Waals surface area contributed by atoms with Crippen molar-refractivity contribution >= 4 is 11.8 Å². The molecular weight excluding hydrogens is 469 g/mol. The summed E-state index contributed by atoms with van der Waals surface area (Å²) < 4.78 is 29.9. The molecule has 2 heterocycles. The fourth-order valence-electron chi connectivity index (χ4n) is 4.46. The Hall–Kier alpha value is -3.01. The summed E-state index contributed by atoms with van der Waals surface area (Å²) in [4.78, 5) is 26.8. The number of unbranched alkanes of at least 4 members (excludes halogenated alkanes) is 1. The van der Waals surface area contributed by atoms with Gasteiger partial charge in [-0.05, 0) is 61.2 Å². The number of aliphatic hydroxyl groups excluding tert-OH is 2. The minimum Gasteiger partial charge on any atom is -0.486 e. The third kappa shape index (κ3) is 7.02. The first-order valence-corrected chi connectivity index (χ1v) is 12.4. The molecule has 0 aromatic heterocycles. The Bertz CT molecular complexity index is 1040. The number of nitrogens with zero attached hydrogens (tertiary/aromatic N) is 1. The van der Waals surface area contributed by atoms with Gasteiger partial charge in [0.05, 0.1) is 6.10 Å². The Kier molecular flexibility index (Phi) is 8.90. The third-order valence-electron chi connectivity index (χ3n) is 6.43. The van der Waals surface area contributed by atoms with Gasteiger partial charge >= 0.3 is 5.97 Å².